The predicted octanol–water partition coefficient (Wildman–Crippen LogP) is 2.12. The number of aliphatic hydroxyl groups excluding tert-OH is 2. The summed E-state index contributed by atoms with van der Waals surface area (Å²) in [5.74, 6) is 0. The van der Waals surface area contributed by atoms with Crippen molar-refractivity contribution in [3.05, 3.63) is 35.5 Å². The van der Waals surface area contributed by atoms with Gasteiger partial charge in [0.05, 0.1) is 12.3 Å². The highest BCUT2D eigenvalue weighted by atomic mass is 16.3. The van der Waals surface area contributed by atoms with Crippen LogP contribution in [0.3, 0.4) is 0 Å². The van der Waals surface area contributed by atoms with Gasteiger partial charge in [0.1, 0.15) is 5.69 Å². The van der Waals surface area contributed by atoms with Crippen LogP contribution in [0.15, 0.2) is 24.3 Å². The molecule has 2 aromatic rings. The second kappa shape index (κ2) is 6.37. The Morgan fingerprint density at radius 2 is 1.76 bits per heavy atom. The van der Waals surface area contributed by atoms with E-state index in [1.165, 1.54) is 5.56 Å². The first-order chi connectivity index (χ1) is 9.97. The van der Waals surface area contributed by atoms with Gasteiger partial charge in [-0.15, -0.1) is 5.10 Å². The van der Waals surface area contributed by atoms with E-state index in [-0.39, 0.29) is 18.6 Å². The minimum atomic E-state index is -0.143. The Bertz CT molecular complexity index is 583. The van der Waals surface area contributed by atoms with Crippen molar-refractivity contribution in [2.45, 2.75) is 45.8 Å². The van der Waals surface area contributed by atoms with Crippen molar-refractivity contribution in [2.24, 2.45) is 0 Å². The van der Waals surface area contributed by atoms with Gasteiger partial charge >= 0.3 is 0 Å². The monoisotopic (exact) mass is 289 g/mol. The molecule has 1 heterocycles. The van der Waals surface area contributed by atoms with Gasteiger partial charge in [-0.1, -0.05) is 50.3 Å². The zero-order valence-corrected chi connectivity index (χ0v) is 12.9. The second-order valence-corrected chi connectivity index (χ2v) is 6.17. The van der Waals surface area contributed by atoms with Crippen molar-refractivity contribution in [2.75, 3.05) is 6.61 Å². The number of hydrogen-bond donors (Lipinski definition) is 2. The summed E-state index contributed by atoms with van der Waals surface area (Å²) in [7, 11) is 0. The smallest absolute Gasteiger partial charge is 0.116 e. The molecule has 1 aromatic carbocycles. The van der Waals surface area contributed by atoms with Crippen LogP contribution >= 0.6 is 0 Å². The van der Waals surface area contributed by atoms with Crippen LogP contribution in [0.1, 0.15) is 38.4 Å². The average molecular weight is 289 g/mol. The molecule has 0 spiro atoms. The maximum Gasteiger partial charge on any atom is 0.116 e. The minimum absolute atomic E-state index is 0.105. The lowest BCUT2D eigenvalue weighted by atomic mass is 9.86. The van der Waals surface area contributed by atoms with Gasteiger partial charge in [0.15, 0.2) is 0 Å². The van der Waals surface area contributed by atoms with Crippen LogP contribution < -0.4 is 0 Å². The van der Waals surface area contributed by atoms with Crippen molar-refractivity contribution < 1.29 is 10.2 Å². The highest BCUT2D eigenvalue weighted by Crippen LogP contribution is 2.27. The molecule has 5 nitrogen and oxygen atoms in total. The largest absolute Gasteiger partial charge is 0.396 e. The lowest BCUT2D eigenvalue weighted by Gasteiger charge is -2.19. The van der Waals surface area contributed by atoms with E-state index in [2.05, 4.69) is 43.2 Å². The van der Waals surface area contributed by atoms with Crippen molar-refractivity contribution in [1.82, 2.24) is 15.0 Å². The Labute approximate surface area is 125 Å². The molecule has 0 unspecified atom stereocenters. The van der Waals surface area contributed by atoms with Crippen LogP contribution in [-0.4, -0.2) is 31.8 Å². The Balaban J connectivity index is 2.38. The molecule has 2 N–H and O–H groups in total. The SMILES string of the molecule is CC(C)(C)c1ccc(-c2c(CO)nnn2CCCO)cc1. The molecule has 0 aliphatic rings. The molecule has 0 atom stereocenters. The third-order valence-electron chi connectivity index (χ3n) is 3.51. The first kappa shape index (κ1) is 15.7. The third kappa shape index (κ3) is 3.49. The van der Waals surface area contributed by atoms with E-state index in [9.17, 15) is 5.11 Å². The van der Waals surface area contributed by atoms with E-state index >= 15 is 0 Å². The van der Waals surface area contributed by atoms with Crippen LogP contribution in [-0.2, 0) is 18.6 Å². The molecular weight excluding hydrogens is 266 g/mol. The van der Waals surface area contributed by atoms with Gasteiger partial charge in [0, 0.05) is 18.7 Å². The Hall–Kier alpha value is -1.72. The average Bonchev–Trinajstić information content (AvgIpc) is 2.87. The van der Waals surface area contributed by atoms with Gasteiger partial charge in [-0.25, -0.2) is 4.68 Å². The maximum absolute atomic E-state index is 9.44. The zero-order valence-electron chi connectivity index (χ0n) is 12.9. The van der Waals surface area contributed by atoms with Gasteiger partial charge in [0.2, 0.25) is 0 Å². The predicted molar refractivity (Wildman–Crippen MR) is 81.8 cm³/mol. The van der Waals surface area contributed by atoms with Gasteiger partial charge in [0.25, 0.3) is 0 Å². The normalized spacial score (nSPS) is 11.9. The molecule has 0 radical (unpaired) electrons. The fraction of sp³-hybridized carbons (Fsp3) is 0.500. The van der Waals surface area contributed by atoms with E-state index < -0.39 is 0 Å². The number of aliphatic hydroxyl groups is 2. The van der Waals surface area contributed by atoms with E-state index in [1.54, 1.807) is 4.68 Å². The van der Waals surface area contributed by atoms with Crippen LogP contribution in [0, 0.1) is 0 Å². The number of aromatic nitrogens is 3. The van der Waals surface area contributed by atoms with Gasteiger partial charge in [-0.3, -0.25) is 0 Å². The van der Waals surface area contributed by atoms with Crippen molar-refractivity contribution in [3.63, 3.8) is 0 Å². The minimum Gasteiger partial charge on any atom is -0.396 e. The Morgan fingerprint density at radius 1 is 1.10 bits per heavy atom. The fourth-order valence-electron chi connectivity index (χ4n) is 2.28. The lowest BCUT2D eigenvalue weighted by Crippen LogP contribution is -2.10. The number of nitrogens with zero attached hydrogens (tertiary/aromatic N) is 3. The molecule has 114 valence electrons. The number of rotatable bonds is 5. The molecule has 0 saturated carbocycles. The molecule has 2 rings (SSSR count). The van der Waals surface area contributed by atoms with Crippen molar-refractivity contribution in [3.8, 4) is 11.3 Å². The van der Waals surface area contributed by atoms with Crippen LogP contribution in [0.4, 0.5) is 0 Å². The van der Waals surface area contributed by atoms with E-state index in [1.807, 2.05) is 12.1 Å². The molecule has 0 saturated heterocycles. The Morgan fingerprint density at radius 3 is 2.29 bits per heavy atom. The zero-order chi connectivity index (χ0) is 15.5. The summed E-state index contributed by atoms with van der Waals surface area (Å²) in [5.41, 5.74) is 3.73. The van der Waals surface area contributed by atoms with Crippen LogP contribution in [0.25, 0.3) is 11.3 Å². The summed E-state index contributed by atoms with van der Waals surface area (Å²) < 4.78 is 1.74. The molecule has 0 bridgehead atoms. The summed E-state index contributed by atoms with van der Waals surface area (Å²) >= 11 is 0. The van der Waals surface area contributed by atoms with Crippen LogP contribution in [0.2, 0.25) is 0 Å². The molecule has 0 aliphatic heterocycles. The van der Waals surface area contributed by atoms with Gasteiger partial charge < -0.3 is 10.2 Å². The molecule has 0 amide bonds. The summed E-state index contributed by atoms with van der Waals surface area (Å²) in [6.07, 6.45) is 0.612. The van der Waals surface area contributed by atoms with Crippen molar-refractivity contribution in [1.29, 1.82) is 0 Å². The summed E-state index contributed by atoms with van der Waals surface area (Å²) in [4.78, 5) is 0. The highest BCUT2D eigenvalue weighted by Gasteiger charge is 2.17. The first-order valence-corrected chi connectivity index (χ1v) is 7.22. The molecule has 0 aliphatic carbocycles. The number of hydrogen-bond acceptors (Lipinski definition) is 4. The quantitative estimate of drug-likeness (QED) is 0.884. The summed E-state index contributed by atoms with van der Waals surface area (Å²) in [5, 5.41) is 26.5. The number of benzene rings is 1. The third-order valence-corrected chi connectivity index (χ3v) is 3.51. The van der Waals surface area contributed by atoms with Gasteiger partial charge in [-0.2, -0.15) is 0 Å². The van der Waals surface area contributed by atoms with Gasteiger partial charge in [-0.05, 0) is 17.4 Å². The molecular formula is C16H23N3O2. The molecule has 21 heavy (non-hydrogen) atoms. The highest BCUT2D eigenvalue weighted by molar-refractivity contribution is 5.62. The number of aryl methyl sites for hydroxylation is 1. The van der Waals surface area contributed by atoms with Crippen molar-refractivity contribution >= 4 is 0 Å². The van der Waals surface area contributed by atoms with E-state index in [4.69, 9.17) is 5.11 Å². The summed E-state index contributed by atoms with van der Waals surface area (Å²) in [6.45, 7) is 7.07. The topological polar surface area (TPSA) is 71.2 Å². The maximum atomic E-state index is 9.44. The van der Waals surface area contributed by atoms with Crippen LogP contribution in [0.5, 0.6) is 0 Å². The van der Waals surface area contributed by atoms with E-state index in [0.29, 0.717) is 18.7 Å². The first-order valence-electron chi connectivity index (χ1n) is 7.22. The Kier molecular flexibility index (Phi) is 4.75. The standard InChI is InChI=1S/C16H23N3O2/c1-16(2,3)13-7-5-12(6-8-13)15-14(11-21)17-18-19(15)9-4-10-20/h5-8,20-21H,4,9-11H2,1-3H3. The summed E-state index contributed by atoms with van der Waals surface area (Å²) in [6, 6.07) is 8.27. The molecule has 0 fully saturated rings. The molecule has 1 aromatic heterocycles. The second-order valence-electron chi connectivity index (χ2n) is 6.17. The van der Waals surface area contributed by atoms with E-state index in [0.717, 1.165) is 11.3 Å². The molecule has 5 heteroatoms. The fourth-order valence-corrected chi connectivity index (χ4v) is 2.28. The lowest BCUT2D eigenvalue weighted by molar-refractivity contribution is 0.276.